The minimum absolute atomic E-state index is 0.635. The van der Waals surface area contributed by atoms with E-state index in [9.17, 15) is 10.2 Å². The van der Waals surface area contributed by atoms with Crippen LogP contribution in [0.2, 0.25) is 0 Å². The molecule has 0 aliphatic rings. The van der Waals surface area contributed by atoms with Gasteiger partial charge in [-0.15, -0.1) is 0 Å². The lowest BCUT2D eigenvalue weighted by Gasteiger charge is -2.45. The van der Waals surface area contributed by atoms with Gasteiger partial charge in [-0.05, 0) is 49.9 Å². The second-order valence-corrected chi connectivity index (χ2v) is 8.88. The molecule has 0 spiro atoms. The topological polar surface area (TPSA) is 40.5 Å². The number of rotatable bonds is 5. The highest BCUT2D eigenvalue weighted by Crippen LogP contribution is 2.49. The summed E-state index contributed by atoms with van der Waals surface area (Å²) in [6, 6.07) is 31.0. The van der Waals surface area contributed by atoms with Gasteiger partial charge in [-0.1, -0.05) is 119 Å². The van der Waals surface area contributed by atoms with Gasteiger partial charge in [-0.2, -0.15) is 0 Å². The van der Waals surface area contributed by atoms with E-state index in [0.29, 0.717) is 22.3 Å². The van der Waals surface area contributed by atoms with Gasteiger partial charge in [-0.25, -0.2) is 0 Å². The maximum atomic E-state index is 12.7. The summed E-state index contributed by atoms with van der Waals surface area (Å²) in [6.07, 6.45) is 0. The van der Waals surface area contributed by atoms with Gasteiger partial charge in [0.2, 0.25) is 0 Å². The molecule has 2 heteroatoms. The van der Waals surface area contributed by atoms with E-state index in [-0.39, 0.29) is 0 Å². The van der Waals surface area contributed by atoms with Crippen LogP contribution >= 0.6 is 0 Å². The minimum Gasteiger partial charge on any atom is -0.377 e. The van der Waals surface area contributed by atoms with Crippen molar-refractivity contribution < 1.29 is 10.2 Å². The molecule has 0 aliphatic heterocycles. The Hall–Kier alpha value is -3.20. The molecule has 162 valence electrons. The third-order valence-corrected chi connectivity index (χ3v) is 6.40. The Kier molecular flexibility index (Phi) is 5.77. The summed E-state index contributed by atoms with van der Waals surface area (Å²) < 4.78 is 0. The number of aryl methyl sites for hydroxylation is 4. The number of benzene rings is 4. The van der Waals surface area contributed by atoms with Crippen molar-refractivity contribution in [3.63, 3.8) is 0 Å². The lowest BCUT2D eigenvalue weighted by molar-refractivity contribution is -0.113. The normalized spacial score (nSPS) is 12.1. The number of aliphatic hydroxyl groups is 2. The van der Waals surface area contributed by atoms with Crippen molar-refractivity contribution in [2.45, 2.75) is 38.9 Å². The molecule has 0 atom stereocenters. The summed E-state index contributed by atoms with van der Waals surface area (Å²) in [5.74, 6) is 0. The highest BCUT2D eigenvalue weighted by Gasteiger charge is 2.54. The quantitative estimate of drug-likeness (QED) is 0.408. The highest BCUT2D eigenvalue weighted by molar-refractivity contribution is 5.51. The predicted octanol–water partition coefficient (Wildman–Crippen LogP) is 6.09. The molecule has 4 aromatic rings. The summed E-state index contributed by atoms with van der Waals surface area (Å²) in [7, 11) is 0. The molecule has 0 amide bonds. The molecule has 0 heterocycles. The van der Waals surface area contributed by atoms with Crippen LogP contribution in [0.3, 0.4) is 0 Å². The van der Waals surface area contributed by atoms with Gasteiger partial charge in [0.05, 0.1) is 0 Å². The molecular weight excluding hydrogens is 392 g/mol. The van der Waals surface area contributed by atoms with Gasteiger partial charge in [0.15, 0.2) is 11.2 Å². The highest BCUT2D eigenvalue weighted by atomic mass is 16.4. The average Bonchev–Trinajstić information content (AvgIpc) is 2.80. The third-order valence-electron chi connectivity index (χ3n) is 6.40. The Morgan fingerprint density at radius 3 is 0.656 bits per heavy atom. The van der Waals surface area contributed by atoms with Crippen LogP contribution in [0.15, 0.2) is 97.1 Å². The van der Waals surface area contributed by atoms with Crippen molar-refractivity contribution in [2.24, 2.45) is 0 Å². The molecule has 2 N–H and O–H groups in total. The fourth-order valence-corrected chi connectivity index (χ4v) is 4.35. The van der Waals surface area contributed by atoms with Gasteiger partial charge in [0.25, 0.3) is 0 Å². The maximum Gasteiger partial charge on any atom is 0.152 e. The summed E-state index contributed by atoms with van der Waals surface area (Å²) in [4.78, 5) is 0. The molecule has 0 aliphatic carbocycles. The first-order valence-corrected chi connectivity index (χ1v) is 11.0. The van der Waals surface area contributed by atoms with Crippen LogP contribution in [0.25, 0.3) is 0 Å². The van der Waals surface area contributed by atoms with E-state index in [0.717, 1.165) is 22.3 Å². The molecule has 0 bridgehead atoms. The van der Waals surface area contributed by atoms with Crippen molar-refractivity contribution in [2.75, 3.05) is 0 Å². The zero-order valence-corrected chi connectivity index (χ0v) is 19.1. The molecule has 32 heavy (non-hydrogen) atoms. The maximum absolute atomic E-state index is 12.7. The Morgan fingerprint density at radius 2 is 0.500 bits per heavy atom. The Bertz CT molecular complexity index is 996. The van der Waals surface area contributed by atoms with Crippen molar-refractivity contribution in [1.29, 1.82) is 0 Å². The summed E-state index contributed by atoms with van der Waals surface area (Å²) in [5, 5.41) is 25.3. The fraction of sp³-hybridized carbons (Fsp3) is 0.200. The molecule has 0 unspecified atom stereocenters. The third kappa shape index (κ3) is 3.66. The summed E-state index contributed by atoms with van der Waals surface area (Å²) >= 11 is 0. The molecular formula is C30H30O2. The van der Waals surface area contributed by atoms with Crippen LogP contribution < -0.4 is 0 Å². The van der Waals surface area contributed by atoms with Gasteiger partial charge in [0, 0.05) is 0 Å². The monoisotopic (exact) mass is 422 g/mol. The van der Waals surface area contributed by atoms with Crippen molar-refractivity contribution in [3.05, 3.63) is 142 Å². The van der Waals surface area contributed by atoms with Crippen molar-refractivity contribution in [1.82, 2.24) is 0 Å². The Morgan fingerprint density at radius 1 is 0.344 bits per heavy atom. The van der Waals surface area contributed by atoms with Gasteiger partial charge in [0.1, 0.15) is 0 Å². The molecule has 0 aromatic heterocycles. The first-order valence-electron chi connectivity index (χ1n) is 11.0. The molecule has 4 rings (SSSR count). The van der Waals surface area contributed by atoms with Crippen molar-refractivity contribution in [3.8, 4) is 0 Å². The Balaban J connectivity index is 2.09. The number of hydrogen-bond donors (Lipinski definition) is 2. The van der Waals surface area contributed by atoms with E-state index in [1.807, 2.05) is 125 Å². The van der Waals surface area contributed by atoms with E-state index in [1.54, 1.807) is 0 Å². The fourth-order valence-electron chi connectivity index (χ4n) is 4.35. The number of hydrogen-bond acceptors (Lipinski definition) is 2. The van der Waals surface area contributed by atoms with E-state index < -0.39 is 11.2 Å². The van der Waals surface area contributed by atoms with Crippen molar-refractivity contribution >= 4 is 0 Å². The lowest BCUT2D eigenvalue weighted by atomic mass is 9.66. The first kappa shape index (κ1) is 22.0. The molecule has 0 radical (unpaired) electrons. The van der Waals surface area contributed by atoms with Gasteiger partial charge in [-0.3, -0.25) is 0 Å². The van der Waals surface area contributed by atoms with E-state index in [4.69, 9.17) is 0 Å². The molecule has 0 saturated carbocycles. The SMILES string of the molecule is Cc1ccc(C(O)(c2ccc(C)cc2)C(O)(c2ccc(C)cc2)c2ccc(C)cc2)cc1. The molecule has 2 nitrogen and oxygen atoms in total. The summed E-state index contributed by atoms with van der Waals surface area (Å²) in [6.45, 7) is 8.06. The van der Waals surface area contributed by atoms with Gasteiger partial charge < -0.3 is 10.2 Å². The van der Waals surface area contributed by atoms with Crippen LogP contribution in [0, 0.1) is 27.7 Å². The van der Waals surface area contributed by atoms with Gasteiger partial charge >= 0.3 is 0 Å². The van der Waals surface area contributed by atoms with Crippen LogP contribution in [0.1, 0.15) is 44.5 Å². The largest absolute Gasteiger partial charge is 0.377 e. The first-order chi connectivity index (χ1) is 15.2. The van der Waals surface area contributed by atoms with E-state index >= 15 is 0 Å². The minimum atomic E-state index is -1.72. The van der Waals surface area contributed by atoms with Crippen LogP contribution in [0.4, 0.5) is 0 Å². The van der Waals surface area contributed by atoms with E-state index in [2.05, 4.69) is 0 Å². The Labute approximate surface area is 190 Å². The predicted molar refractivity (Wildman–Crippen MR) is 131 cm³/mol. The van der Waals surface area contributed by atoms with E-state index in [1.165, 1.54) is 0 Å². The zero-order chi connectivity index (χ0) is 22.9. The zero-order valence-electron chi connectivity index (χ0n) is 19.1. The van der Waals surface area contributed by atoms with Crippen LogP contribution in [-0.4, -0.2) is 10.2 Å². The summed E-state index contributed by atoms with van der Waals surface area (Å²) in [5.41, 5.74) is 3.46. The van der Waals surface area contributed by atoms with Crippen LogP contribution in [0.5, 0.6) is 0 Å². The average molecular weight is 423 g/mol. The molecule has 4 aromatic carbocycles. The second-order valence-electron chi connectivity index (χ2n) is 8.88. The second kappa shape index (κ2) is 8.38. The lowest BCUT2D eigenvalue weighted by Crippen LogP contribution is -2.51. The molecule has 0 fully saturated rings. The standard InChI is InChI=1S/C30H30O2/c1-21-5-13-25(14-6-21)29(31,26-15-7-22(2)8-16-26)30(32,27-17-9-23(3)10-18-27)28-19-11-24(4)12-20-28/h5-20,31-32H,1-4H3. The molecule has 0 saturated heterocycles. The van der Waals surface area contributed by atoms with Crippen LogP contribution in [-0.2, 0) is 11.2 Å². The smallest absolute Gasteiger partial charge is 0.152 e.